The molecule has 0 heterocycles. The topological polar surface area (TPSA) is 105 Å². The Morgan fingerprint density at radius 1 is 0.533 bits per heavy atom. The van der Waals surface area contributed by atoms with E-state index < -0.39 is 35.7 Å². The number of hydrogen-bond donors (Lipinski definition) is 0. The van der Waals surface area contributed by atoms with Crippen LogP contribution in [-0.4, -0.2) is 50.3 Å². The summed E-state index contributed by atoms with van der Waals surface area (Å²) in [5.41, 5.74) is -2.56. The molecule has 0 aliphatic heterocycles. The molecule has 0 fully saturated rings. The van der Waals surface area contributed by atoms with Crippen molar-refractivity contribution >= 4 is 23.9 Å². The molecule has 0 N–H and O–H groups in total. The highest BCUT2D eigenvalue weighted by molar-refractivity contribution is 6.19. The van der Waals surface area contributed by atoms with Crippen molar-refractivity contribution in [2.45, 2.75) is 61.8 Å². The predicted molar refractivity (Wildman–Crippen MR) is 110 cm³/mol. The van der Waals surface area contributed by atoms with Crippen molar-refractivity contribution in [3.05, 3.63) is 0 Å². The first-order valence-corrected chi connectivity index (χ1v) is 10.5. The molecular weight excluding hydrogens is 392 g/mol. The number of ether oxygens (including phenoxy) is 4. The largest absolute Gasteiger partial charge is 0.465 e. The minimum Gasteiger partial charge on any atom is -0.465 e. The normalized spacial score (nSPS) is 11.7. The SMILES string of the molecule is CC(C)COC(=O)CC(C(=O)OCC(C)C)(C(=O)OCC(C)C)C(=O)OCC(C)C. The van der Waals surface area contributed by atoms with Gasteiger partial charge in [0.05, 0.1) is 32.8 Å². The summed E-state index contributed by atoms with van der Waals surface area (Å²) in [6.07, 6.45) is -0.843. The molecule has 0 saturated carbocycles. The maximum absolute atomic E-state index is 13.0. The van der Waals surface area contributed by atoms with E-state index in [4.69, 9.17) is 18.9 Å². The first kappa shape index (κ1) is 27.9. The van der Waals surface area contributed by atoms with E-state index in [0.717, 1.165) is 0 Å². The van der Waals surface area contributed by atoms with E-state index in [1.165, 1.54) is 0 Å². The number of esters is 4. The van der Waals surface area contributed by atoms with E-state index >= 15 is 0 Å². The zero-order valence-corrected chi connectivity index (χ0v) is 19.6. The zero-order chi connectivity index (χ0) is 23.5. The number of carbonyl (C=O) groups is 4. The van der Waals surface area contributed by atoms with Crippen LogP contribution < -0.4 is 0 Å². The first-order chi connectivity index (χ1) is 13.8. The van der Waals surface area contributed by atoms with Crippen molar-refractivity contribution in [1.82, 2.24) is 0 Å². The Morgan fingerprint density at radius 3 is 1.07 bits per heavy atom. The van der Waals surface area contributed by atoms with E-state index in [1.807, 2.05) is 13.8 Å². The van der Waals surface area contributed by atoms with E-state index in [2.05, 4.69) is 0 Å². The fraction of sp³-hybridized carbons (Fsp3) is 0.818. The van der Waals surface area contributed by atoms with Crippen LogP contribution in [0.4, 0.5) is 0 Å². The van der Waals surface area contributed by atoms with Crippen LogP contribution in [0.1, 0.15) is 61.8 Å². The molecule has 0 aromatic carbocycles. The molecule has 30 heavy (non-hydrogen) atoms. The zero-order valence-electron chi connectivity index (χ0n) is 19.6. The molecule has 0 spiro atoms. The molecule has 0 saturated heterocycles. The molecule has 0 radical (unpaired) electrons. The summed E-state index contributed by atoms with van der Waals surface area (Å²) in [5, 5.41) is 0. The van der Waals surface area contributed by atoms with Gasteiger partial charge in [0.15, 0.2) is 0 Å². The molecule has 0 bridgehead atoms. The van der Waals surface area contributed by atoms with E-state index in [-0.39, 0.29) is 50.1 Å². The number of carbonyl (C=O) groups excluding carboxylic acids is 4. The Bertz CT molecular complexity index is 518. The van der Waals surface area contributed by atoms with Gasteiger partial charge in [-0.05, 0) is 23.7 Å². The lowest BCUT2D eigenvalue weighted by Gasteiger charge is -2.28. The van der Waals surface area contributed by atoms with Gasteiger partial charge in [-0.1, -0.05) is 55.4 Å². The fourth-order valence-electron chi connectivity index (χ4n) is 2.09. The fourth-order valence-corrected chi connectivity index (χ4v) is 2.09. The Hall–Kier alpha value is -2.12. The molecule has 174 valence electrons. The summed E-state index contributed by atoms with van der Waals surface area (Å²) in [5.74, 6) is -4.47. The van der Waals surface area contributed by atoms with E-state index in [9.17, 15) is 19.2 Å². The highest BCUT2D eigenvalue weighted by Gasteiger charge is 2.59. The summed E-state index contributed by atoms with van der Waals surface area (Å²) < 4.78 is 20.7. The Balaban J connectivity index is 6.01. The van der Waals surface area contributed by atoms with Gasteiger partial charge in [-0.25, -0.2) is 0 Å². The predicted octanol–water partition coefficient (Wildman–Crippen LogP) is 3.16. The van der Waals surface area contributed by atoms with Crippen molar-refractivity contribution in [3.8, 4) is 0 Å². The average molecular weight is 431 g/mol. The van der Waals surface area contributed by atoms with Gasteiger partial charge in [0.1, 0.15) is 0 Å². The van der Waals surface area contributed by atoms with Crippen LogP contribution in [0.2, 0.25) is 0 Å². The van der Waals surface area contributed by atoms with Crippen LogP contribution in [0, 0.1) is 29.1 Å². The standard InChI is InChI=1S/C22H38O8/c1-14(2)10-27-18(23)9-22(19(24)28-11-15(3)4,20(25)29-12-16(5)6)21(26)30-13-17(7)8/h14-17H,9-13H2,1-8H3. The first-order valence-electron chi connectivity index (χ1n) is 10.5. The summed E-state index contributed by atoms with van der Waals surface area (Å²) in [4.78, 5) is 51.4. The molecule has 0 aliphatic rings. The van der Waals surface area contributed by atoms with Gasteiger partial charge in [-0.15, -0.1) is 0 Å². The maximum atomic E-state index is 13.0. The van der Waals surface area contributed by atoms with Crippen molar-refractivity contribution < 1.29 is 38.1 Å². The van der Waals surface area contributed by atoms with Gasteiger partial charge in [0, 0.05) is 0 Å². The number of hydrogen-bond acceptors (Lipinski definition) is 8. The monoisotopic (exact) mass is 430 g/mol. The van der Waals surface area contributed by atoms with Gasteiger partial charge in [0.2, 0.25) is 0 Å². The average Bonchev–Trinajstić information content (AvgIpc) is 2.64. The molecule has 0 amide bonds. The van der Waals surface area contributed by atoms with Crippen LogP contribution in [0.5, 0.6) is 0 Å². The minimum absolute atomic E-state index is 0.0312. The summed E-state index contributed by atoms with van der Waals surface area (Å²) in [6.45, 7) is 14.5. The molecule has 0 aromatic rings. The minimum atomic E-state index is -2.56. The Kier molecular flexibility index (Phi) is 12.3. The molecular formula is C22H38O8. The van der Waals surface area contributed by atoms with E-state index in [1.54, 1.807) is 41.5 Å². The van der Waals surface area contributed by atoms with Crippen molar-refractivity contribution in [1.29, 1.82) is 0 Å². The third-order valence-corrected chi connectivity index (χ3v) is 3.68. The molecule has 0 atom stereocenters. The van der Waals surface area contributed by atoms with Crippen LogP contribution in [-0.2, 0) is 38.1 Å². The van der Waals surface area contributed by atoms with Crippen molar-refractivity contribution in [2.75, 3.05) is 26.4 Å². The molecule has 0 aromatic heterocycles. The summed E-state index contributed by atoms with van der Waals surface area (Å²) in [7, 11) is 0. The Labute approximate surface area is 180 Å². The third kappa shape index (κ3) is 9.59. The lowest BCUT2D eigenvalue weighted by atomic mass is 9.84. The molecule has 0 aliphatic carbocycles. The molecule has 8 nitrogen and oxygen atoms in total. The maximum Gasteiger partial charge on any atom is 0.335 e. The van der Waals surface area contributed by atoms with Crippen molar-refractivity contribution in [2.24, 2.45) is 29.1 Å². The second-order valence-corrected chi connectivity index (χ2v) is 9.14. The number of rotatable bonds is 13. The van der Waals surface area contributed by atoms with Gasteiger partial charge < -0.3 is 18.9 Å². The van der Waals surface area contributed by atoms with Crippen LogP contribution in [0.3, 0.4) is 0 Å². The van der Waals surface area contributed by atoms with Gasteiger partial charge in [-0.2, -0.15) is 0 Å². The second kappa shape index (κ2) is 13.2. The second-order valence-electron chi connectivity index (χ2n) is 9.14. The third-order valence-electron chi connectivity index (χ3n) is 3.68. The Morgan fingerprint density at radius 2 is 0.800 bits per heavy atom. The van der Waals surface area contributed by atoms with Gasteiger partial charge >= 0.3 is 23.9 Å². The smallest absolute Gasteiger partial charge is 0.335 e. The molecule has 8 heteroatoms. The van der Waals surface area contributed by atoms with E-state index in [0.29, 0.717) is 0 Å². The molecule has 0 unspecified atom stereocenters. The van der Waals surface area contributed by atoms with Gasteiger partial charge in [0.25, 0.3) is 5.41 Å². The van der Waals surface area contributed by atoms with Gasteiger partial charge in [-0.3, -0.25) is 19.2 Å². The van der Waals surface area contributed by atoms with Crippen LogP contribution in [0.15, 0.2) is 0 Å². The lowest BCUT2D eigenvalue weighted by molar-refractivity contribution is -0.189. The highest BCUT2D eigenvalue weighted by atomic mass is 16.6. The lowest BCUT2D eigenvalue weighted by Crippen LogP contribution is -2.51. The van der Waals surface area contributed by atoms with Crippen LogP contribution >= 0.6 is 0 Å². The molecule has 0 rings (SSSR count). The van der Waals surface area contributed by atoms with Crippen molar-refractivity contribution in [3.63, 3.8) is 0 Å². The van der Waals surface area contributed by atoms with Crippen LogP contribution in [0.25, 0.3) is 0 Å². The summed E-state index contributed by atoms with van der Waals surface area (Å²) in [6, 6.07) is 0. The highest BCUT2D eigenvalue weighted by Crippen LogP contribution is 2.30. The summed E-state index contributed by atoms with van der Waals surface area (Å²) >= 11 is 0. The quantitative estimate of drug-likeness (QED) is 0.249.